The number of nitrogens with zero attached hydrogens (tertiary/aromatic N) is 5. The number of hydrogen-bond acceptors (Lipinski definition) is 9. The number of carbonyl (C=O) groups is 1. The Hall–Kier alpha value is -3.75. The number of aliphatic hydroxyl groups excluding tert-OH is 1. The number of aromatic nitrogens is 4. The molecular formula is C22H26N8O3. The van der Waals surface area contributed by atoms with Crippen LogP contribution < -0.4 is 16.0 Å². The molecule has 1 saturated carbocycles. The van der Waals surface area contributed by atoms with Crippen molar-refractivity contribution in [2.24, 2.45) is 0 Å². The van der Waals surface area contributed by atoms with Crippen LogP contribution in [0.5, 0.6) is 0 Å². The lowest BCUT2D eigenvalue weighted by Gasteiger charge is -2.28. The van der Waals surface area contributed by atoms with Crippen molar-refractivity contribution in [1.82, 2.24) is 19.6 Å². The van der Waals surface area contributed by atoms with E-state index in [0.717, 1.165) is 25.7 Å². The number of hydrogen-bond donors (Lipinski definition) is 5. The molecule has 1 aliphatic carbocycles. The first-order valence-corrected chi connectivity index (χ1v) is 10.8. The fraction of sp³-hybridized carbons (Fsp3) is 0.409. The van der Waals surface area contributed by atoms with Gasteiger partial charge in [0.25, 0.3) is 5.91 Å². The van der Waals surface area contributed by atoms with Crippen LogP contribution in [0.2, 0.25) is 0 Å². The Labute approximate surface area is 190 Å². The maximum absolute atomic E-state index is 12.1. The van der Waals surface area contributed by atoms with Crippen molar-refractivity contribution in [2.75, 3.05) is 16.0 Å². The normalized spacial score (nSPS) is 18.5. The third-order valence-electron chi connectivity index (χ3n) is 5.45. The number of rotatable bonds is 6. The predicted molar refractivity (Wildman–Crippen MR) is 122 cm³/mol. The van der Waals surface area contributed by atoms with E-state index in [-0.39, 0.29) is 17.6 Å². The van der Waals surface area contributed by atoms with Gasteiger partial charge in [-0.05, 0) is 38.8 Å². The summed E-state index contributed by atoms with van der Waals surface area (Å²) >= 11 is 0. The molecule has 0 aromatic carbocycles. The largest absolute Gasteiger partial charge is 0.391 e. The van der Waals surface area contributed by atoms with E-state index in [0.29, 0.717) is 23.0 Å². The summed E-state index contributed by atoms with van der Waals surface area (Å²) in [7, 11) is 0. The second kappa shape index (κ2) is 9.01. The van der Waals surface area contributed by atoms with Gasteiger partial charge in [0.15, 0.2) is 11.3 Å². The zero-order valence-corrected chi connectivity index (χ0v) is 18.4. The van der Waals surface area contributed by atoms with Gasteiger partial charge in [-0.3, -0.25) is 4.79 Å². The van der Waals surface area contributed by atoms with E-state index in [4.69, 9.17) is 0 Å². The van der Waals surface area contributed by atoms with Crippen molar-refractivity contribution < 1.29 is 15.0 Å². The van der Waals surface area contributed by atoms with Gasteiger partial charge in [0.1, 0.15) is 29.1 Å². The molecule has 11 heteroatoms. The van der Waals surface area contributed by atoms with Crippen LogP contribution in [-0.4, -0.2) is 53.4 Å². The van der Waals surface area contributed by atoms with Crippen LogP contribution in [0.3, 0.4) is 0 Å². The van der Waals surface area contributed by atoms with Crippen LogP contribution in [0.15, 0.2) is 30.5 Å². The maximum atomic E-state index is 12.1. The molecule has 4 rings (SSSR count). The molecule has 1 fully saturated rings. The lowest BCUT2D eigenvalue weighted by Crippen LogP contribution is -2.36. The third-order valence-corrected chi connectivity index (χ3v) is 5.45. The molecule has 5 N–H and O–H groups in total. The Bertz CT molecular complexity index is 1210. The lowest BCUT2D eigenvalue weighted by atomic mass is 9.92. The average Bonchev–Trinajstić information content (AvgIpc) is 3.18. The molecule has 1 amide bonds. The van der Waals surface area contributed by atoms with Gasteiger partial charge in [-0.15, -0.1) is 5.10 Å². The molecule has 172 valence electrons. The van der Waals surface area contributed by atoms with Gasteiger partial charge in [-0.25, -0.2) is 9.97 Å². The summed E-state index contributed by atoms with van der Waals surface area (Å²) in [5.41, 5.74) is -0.317. The first kappa shape index (κ1) is 22.4. The van der Waals surface area contributed by atoms with Gasteiger partial charge in [0.05, 0.1) is 24.0 Å². The van der Waals surface area contributed by atoms with Gasteiger partial charge in [-0.2, -0.15) is 9.78 Å². The Kier molecular flexibility index (Phi) is 6.13. The molecule has 0 spiro atoms. The van der Waals surface area contributed by atoms with Crippen LogP contribution in [0.4, 0.5) is 23.1 Å². The van der Waals surface area contributed by atoms with Crippen LogP contribution >= 0.6 is 0 Å². The molecule has 3 aromatic heterocycles. The highest BCUT2D eigenvalue weighted by Gasteiger charge is 2.25. The Morgan fingerprint density at radius 1 is 1.24 bits per heavy atom. The van der Waals surface area contributed by atoms with Crippen molar-refractivity contribution in [3.05, 3.63) is 36.2 Å². The van der Waals surface area contributed by atoms with Gasteiger partial charge in [-0.1, -0.05) is 18.9 Å². The lowest BCUT2D eigenvalue weighted by molar-refractivity contribution is -0.130. The minimum atomic E-state index is -1.55. The van der Waals surface area contributed by atoms with E-state index in [1.54, 1.807) is 24.3 Å². The number of anilines is 4. The van der Waals surface area contributed by atoms with E-state index >= 15 is 0 Å². The molecule has 3 heterocycles. The molecule has 3 aromatic rings. The molecule has 0 saturated heterocycles. The van der Waals surface area contributed by atoms with Gasteiger partial charge >= 0.3 is 0 Å². The highest BCUT2D eigenvalue weighted by molar-refractivity contribution is 5.95. The van der Waals surface area contributed by atoms with E-state index in [9.17, 15) is 20.3 Å². The zero-order valence-electron chi connectivity index (χ0n) is 18.4. The molecular weight excluding hydrogens is 424 g/mol. The fourth-order valence-electron chi connectivity index (χ4n) is 3.66. The van der Waals surface area contributed by atoms with Crippen LogP contribution in [0, 0.1) is 11.3 Å². The highest BCUT2D eigenvalue weighted by Crippen LogP contribution is 2.27. The van der Waals surface area contributed by atoms with Crippen LogP contribution in [-0.2, 0) is 4.79 Å². The molecule has 33 heavy (non-hydrogen) atoms. The Morgan fingerprint density at radius 3 is 2.73 bits per heavy atom. The molecule has 1 aliphatic rings. The van der Waals surface area contributed by atoms with Crippen LogP contribution in [0.25, 0.3) is 5.65 Å². The molecule has 0 unspecified atom stereocenters. The first-order valence-electron chi connectivity index (χ1n) is 10.8. The average molecular weight is 451 g/mol. The SMILES string of the molecule is CC(C)(O)C(=O)Nc1cccc(Nc2cc(N[C@@H]3CCCC[C@H]3O)nn3c(C#N)cnc23)n1. The quantitative estimate of drug-likeness (QED) is 0.379. The maximum Gasteiger partial charge on any atom is 0.256 e. The van der Waals surface area contributed by atoms with Gasteiger partial charge in [0.2, 0.25) is 0 Å². The summed E-state index contributed by atoms with van der Waals surface area (Å²) < 4.78 is 1.43. The summed E-state index contributed by atoms with van der Waals surface area (Å²) in [4.78, 5) is 20.7. The molecule has 0 aliphatic heterocycles. The predicted octanol–water partition coefficient (Wildman–Crippen LogP) is 2.16. The highest BCUT2D eigenvalue weighted by atomic mass is 16.3. The fourth-order valence-corrected chi connectivity index (χ4v) is 3.66. The number of amides is 1. The number of pyridine rings is 1. The standard InChI is InChI=1S/C22H26N8O3/c1-22(2,33)21(32)28-18-9-5-8-17(27-18)26-15-10-19(25-14-6-3-4-7-16(14)31)29-30-13(11-23)12-24-20(15)30/h5,8-10,12,14,16,31,33H,3-4,6-7H2,1-2H3,(H,25,29)(H2,26,27,28,32)/t14-,16-/m1/s1. The summed E-state index contributed by atoms with van der Waals surface area (Å²) in [5.74, 6) is 0.587. The monoisotopic (exact) mass is 450 g/mol. The third kappa shape index (κ3) is 5.02. The summed E-state index contributed by atoms with van der Waals surface area (Å²) in [5, 5.41) is 43.1. The van der Waals surface area contributed by atoms with E-state index in [1.807, 2.05) is 0 Å². The molecule has 11 nitrogen and oxygen atoms in total. The smallest absolute Gasteiger partial charge is 0.256 e. The van der Waals surface area contributed by atoms with Gasteiger partial charge in [0, 0.05) is 6.07 Å². The number of nitriles is 1. The summed E-state index contributed by atoms with van der Waals surface area (Å²) in [6, 6.07) is 8.71. The van der Waals surface area contributed by atoms with E-state index in [1.165, 1.54) is 24.6 Å². The van der Waals surface area contributed by atoms with Crippen molar-refractivity contribution in [3.8, 4) is 6.07 Å². The minimum absolute atomic E-state index is 0.135. The first-order chi connectivity index (χ1) is 15.7. The Morgan fingerprint density at radius 2 is 2.00 bits per heavy atom. The van der Waals surface area contributed by atoms with E-state index in [2.05, 4.69) is 37.1 Å². The molecule has 2 atom stereocenters. The van der Waals surface area contributed by atoms with Crippen molar-refractivity contribution in [3.63, 3.8) is 0 Å². The zero-order chi connectivity index (χ0) is 23.6. The second-order valence-corrected chi connectivity index (χ2v) is 8.58. The van der Waals surface area contributed by atoms with Crippen molar-refractivity contribution >= 4 is 34.7 Å². The van der Waals surface area contributed by atoms with Gasteiger partial charge < -0.3 is 26.2 Å². The van der Waals surface area contributed by atoms with Crippen molar-refractivity contribution in [2.45, 2.75) is 57.3 Å². The molecule has 0 radical (unpaired) electrons. The number of imidazole rings is 1. The Balaban J connectivity index is 1.64. The number of aliphatic hydroxyl groups is 2. The summed E-state index contributed by atoms with van der Waals surface area (Å²) in [6.45, 7) is 2.78. The molecule has 0 bridgehead atoms. The van der Waals surface area contributed by atoms with Crippen molar-refractivity contribution in [1.29, 1.82) is 5.26 Å². The topological polar surface area (TPSA) is 160 Å². The summed E-state index contributed by atoms with van der Waals surface area (Å²) in [6.07, 6.45) is 4.52. The minimum Gasteiger partial charge on any atom is -0.391 e. The second-order valence-electron chi connectivity index (χ2n) is 8.58. The number of fused-ring (bicyclic) bond motifs is 1. The van der Waals surface area contributed by atoms with Crippen LogP contribution in [0.1, 0.15) is 45.2 Å². The van der Waals surface area contributed by atoms with E-state index < -0.39 is 17.6 Å². The number of nitrogens with one attached hydrogen (secondary N) is 3. The number of carbonyl (C=O) groups excluding carboxylic acids is 1.